The first kappa shape index (κ1) is 22.2. The van der Waals surface area contributed by atoms with Gasteiger partial charge in [-0.25, -0.2) is 12.8 Å². The summed E-state index contributed by atoms with van der Waals surface area (Å²) in [5.74, 6) is -0.0508. The summed E-state index contributed by atoms with van der Waals surface area (Å²) in [6.07, 6.45) is 0.913. The number of amides is 1. The molecule has 1 aliphatic heterocycles. The van der Waals surface area contributed by atoms with Gasteiger partial charge >= 0.3 is 0 Å². The second-order valence-corrected chi connectivity index (χ2v) is 9.30. The van der Waals surface area contributed by atoms with Gasteiger partial charge in [0.05, 0.1) is 17.5 Å². The molecule has 2 aromatic carbocycles. The summed E-state index contributed by atoms with van der Waals surface area (Å²) < 4.78 is 45.6. The Labute approximate surface area is 177 Å². The number of nitrogens with zero attached hydrogens (tertiary/aromatic N) is 1. The molecule has 1 atom stereocenters. The van der Waals surface area contributed by atoms with E-state index in [-0.39, 0.29) is 28.6 Å². The van der Waals surface area contributed by atoms with Gasteiger partial charge in [-0.2, -0.15) is 4.31 Å². The topological polar surface area (TPSA) is 75.7 Å². The molecule has 0 bridgehead atoms. The minimum Gasteiger partial charge on any atom is -0.494 e. The van der Waals surface area contributed by atoms with Crippen LogP contribution in [0, 0.1) is 11.7 Å². The Balaban J connectivity index is 1.56. The summed E-state index contributed by atoms with van der Waals surface area (Å²) in [7, 11) is -3.60. The van der Waals surface area contributed by atoms with Crippen LogP contribution in [0.3, 0.4) is 0 Å². The lowest BCUT2D eigenvalue weighted by Gasteiger charge is -2.31. The quantitative estimate of drug-likeness (QED) is 0.724. The fourth-order valence-corrected chi connectivity index (χ4v) is 5.02. The van der Waals surface area contributed by atoms with Crippen molar-refractivity contribution in [2.45, 2.75) is 37.6 Å². The zero-order chi connectivity index (χ0) is 21.7. The molecule has 1 fully saturated rings. The van der Waals surface area contributed by atoms with Gasteiger partial charge in [0.1, 0.15) is 11.6 Å². The summed E-state index contributed by atoms with van der Waals surface area (Å²) in [5.41, 5.74) is 0.820. The average Bonchev–Trinajstić information content (AvgIpc) is 2.75. The van der Waals surface area contributed by atoms with E-state index >= 15 is 0 Å². The normalized spacial score (nSPS) is 16.8. The van der Waals surface area contributed by atoms with Crippen molar-refractivity contribution in [1.82, 2.24) is 9.62 Å². The number of carbonyl (C=O) groups excluding carboxylic acids is 1. The van der Waals surface area contributed by atoms with Gasteiger partial charge in [0.15, 0.2) is 0 Å². The number of sulfonamides is 1. The van der Waals surface area contributed by atoms with Crippen LogP contribution in [0.25, 0.3) is 0 Å². The molecule has 1 aliphatic rings. The minimum atomic E-state index is -3.60. The molecule has 6 nitrogen and oxygen atoms in total. The Morgan fingerprint density at radius 3 is 2.30 bits per heavy atom. The van der Waals surface area contributed by atoms with Crippen molar-refractivity contribution in [2.24, 2.45) is 5.92 Å². The van der Waals surface area contributed by atoms with E-state index in [0.717, 1.165) is 5.56 Å². The van der Waals surface area contributed by atoms with Crippen molar-refractivity contribution in [2.75, 3.05) is 19.7 Å². The Morgan fingerprint density at radius 1 is 1.13 bits per heavy atom. The number of piperidine rings is 1. The van der Waals surface area contributed by atoms with Crippen molar-refractivity contribution in [3.8, 4) is 5.75 Å². The lowest BCUT2D eigenvalue weighted by molar-refractivity contribution is -0.126. The zero-order valence-electron chi connectivity index (χ0n) is 17.2. The number of nitrogens with one attached hydrogen (secondary N) is 1. The van der Waals surface area contributed by atoms with Crippen LogP contribution >= 0.6 is 0 Å². The molecule has 3 rings (SSSR count). The minimum absolute atomic E-state index is 0.107. The molecule has 8 heteroatoms. The Morgan fingerprint density at radius 2 is 1.73 bits per heavy atom. The molecule has 1 N–H and O–H groups in total. The van der Waals surface area contributed by atoms with Gasteiger partial charge in [-0.3, -0.25) is 4.79 Å². The molecule has 1 saturated heterocycles. The highest BCUT2D eigenvalue weighted by Crippen LogP contribution is 2.26. The van der Waals surface area contributed by atoms with Gasteiger partial charge in [0.25, 0.3) is 0 Å². The molecule has 2 aromatic rings. The van der Waals surface area contributed by atoms with Gasteiger partial charge in [-0.05, 0) is 68.7 Å². The predicted molar refractivity (Wildman–Crippen MR) is 112 cm³/mol. The number of hydrogen-bond acceptors (Lipinski definition) is 4. The number of benzene rings is 2. The Hall–Kier alpha value is -2.45. The molecule has 1 heterocycles. The van der Waals surface area contributed by atoms with Crippen LogP contribution < -0.4 is 10.1 Å². The molecular formula is C22H27FN2O4S. The van der Waals surface area contributed by atoms with E-state index in [4.69, 9.17) is 4.74 Å². The van der Waals surface area contributed by atoms with E-state index in [0.29, 0.717) is 38.3 Å². The number of halogens is 1. The van der Waals surface area contributed by atoms with E-state index in [1.165, 1.54) is 16.4 Å². The largest absolute Gasteiger partial charge is 0.494 e. The van der Waals surface area contributed by atoms with E-state index in [2.05, 4.69) is 5.32 Å². The van der Waals surface area contributed by atoms with E-state index in [9.17, 15) is 17.6 Å². The molecule has 0 aromatic heterocycles. The first-order valence-corrected chi connectivity index (χ1v) is 11.5. The van der Waals surface area contributed by atoms with Crippen LogP contribution in [-0.2, 0) is 14.8 Å². The third kappa shape index (κ3) is 5.17. The maximum Gasteiger partial charge on any atom is 0.243 e. The van der Waals surface area contributed by atoms with Gasteiger partial charge in [0.2, 0.25) is 15.9 Å². The van der Waals surface area contributed by atoms with E-state index in [1.54, 1.807) is 36.4 Å². The molecule has 1 amide bonds. The smallest absolute Gasteiger partial charge is 0.243 e. The third-order valence-corrected chi connectivity index (χ3v) is 7.24. The fraction of sp³-hybridized carbons (Fsp3) is 0.409. The number of carbonyl (C=O) groups is 1. The van der Waals surface area contributed by atoms with Gasteiger partial charge in [-0.15, -0.1) is 0 Å². The highest BCUT2D eigenvalue weighted by atomic mass is 32.2. The summed E-state index contributed by atoms with van der Waals surface area (Å²) in [5, 5.41) is 2.95. The first-order chi connectivity index (χ1) is 14.3. The lowest BCUT2D eigenvalue weighted by atomic mass is 9.96. The van der Waals surface area contributed by atoms with Crippen LogP contribution in [0.5, 0.6) is 5.75 Å². The first-order valence-electron chi connectivity index (χ1n) is 10.1. The standard InChI is InChI=1S/C22H27FN2O4S/c1-3-29-20-8-10-21(11-9-20)30(27,28)25-14-12-18(13-15-25)22(26)24-16(2)17-4-6-19(23)7-5-17/h4-11,16,18H,3,12-15H2,1-2H3,(H,24,26)/t16-/m1/s1. The number of hydrogen-bond donors (Lipinski definition) is 1. The van der Waals surface area contributed by atoms with Crippen molar-refractivity contribution in [1.29, 1.82) is 0 Å². The fourth-order valence-electron chi connectivity index (χ4n) is 3.55. The van der Waals surface area contributed by atoms with Crippen LogP contribution in [0.4, 0.5) is 4.39 Å². The Kier molecular flexibility index (Phi) is 7.10. The summed E-state index contributed by atoms with van der Waals surface area (Å²) >= 11 is 0. The molecule has 0 radical (unpaired) electrons. The van der Waals surface area contributed by atoms with Crippen molar-refractivity contribution in [3.05, 3.63) is 59.9 Å². The third-order valence-electron chi connectivity index (χ3n) is 5.33. The highest BCUT2D eigenvalue weighted by Gasteiger charge is 2.32. The SMILES string of the molecule is CCOc1ccc(S(=O)(=O)N2CCC(C(=O)N[C@H](C)c3ccc(F)cc3)CC2)cc1. The van der Waals surface area contributed by atoms with E-state index < -0.39 is 10.0 Å². The molecule has 0 aliphatic carbocycles. The summed E-state index contributed by atoms with van der Waals surface area (Å²) in [6, 6.07) is 12.2. The molecule has 0 spiro atoms. The second kappa shape index (κ2) is 9.57. The maximum atomic E-state index is 13.1. The Bertz CT molecular complexity index is 954. The lowest BCUT2D eigenvalue weighted by Crippen LogP contribution is -2.43. The maximum absolute atomic E-state index is 13.1. The molecule has 30 heavy (non-hydrogen) atoms. The predicted octanol–water partition coefficient (Wildman–Crippen LogP) is 3.50. The molecule has 0 saturated carbocycles. The van der Waals surface area contributed by atoms with Crippen LogP contribution in [-0.4, -0.2) is 38.3 Å². The molecule has 0 unspecified atom stereocenters. The van der Waals surface area contributed by atoms with Crippen LogP contribution in [0.15, 0.2) is 53.4 Å². The highest BCUT2D eigenvalue weighted by molar-refractivity contribution is 7.89. The van der Waals surface area contributed by atoms with Crippen molar-refractivity contribution >= 4 is 15.9 Å². The monoisotopic (exact) mass is 434 g/mol. The van der Waals surface area contributed by atoms with Crippen molar-refractivity contribution < 1.29 is 22.3 Å². The van der Waals surface area contributed by atoms with E-state index in [1.807, 2.05) is 13.8 Å². The van der Waals surface area contributed by atoms with Gasteiger partial charge in [-0.1, -0.05) is 12.1 Å². The summed E-state index contributed by atoms with van der Waals surface area (Å²) in [6.45, 7) is 4.81. The second-order valence-electron chi connectivity index (χ2n) is 7.36. The van der Waals surface area contributed by atoms with Crippen LogP contribution in [0.1, 0.15) is 38.3 Å². The average molecular weight is 435 g/mol. The van der Waals surface area contributed by atoms with Gasteiger partial charge < -0.3 is 10.1 Å². The number of rotatable bonds is 7. The summed E-state index contributed by atoms with van der Waals surface area (Å²) in [4.78, 5) is 12.8. The van der Waals surface area contributed by atoms with Crippen LogP contribution in [0.2, 0.25) is 0 Å². The molecular weight excluding hydrogens is 407 g/mol. The van der Waals surface area contributed by atoms with Crippen molar-refractivity contribution in [3.63, 3.8) is 0 Å². The molecule has 162 valence electrons. The zero-order valence-corrected chi connectivity index (χ0v) is 18.0. The number of ether oxygens (including phenoxy) is 1. The van der Waals surface area contributed by atoms with Gasteiger partial charge in [0, 0.05) is 19.0 Å².